The highest BCUT2D eigenvalue weighted by Gasteiger charge is 2.52. The number of halogens is 4. The Kier molecular flexibility index (Phi) is 18.3. The summed E-state index contributed by atoms with van der Waals surface area (Å²) in [5.41, 5.74) is 1.82. The number of H-pyrrole nitrogens is 1. The summed E-state index contributed by atoms with van der Waals surface area (Å²) in [6.45, 7) is 9.18. The fraction of sp³-hybridized carbons (Fsp3) is 0.526. The number of nitrogens with two attached hydrogens (primary N) is 1. The van der Waals surface area contributed by atoms with Crippen LogP contribution >= 0.6 is 7.60 Å². The van der Waals surface area contributed by atoms with E-state index in [-0.39, 0.29) is 29.0 Å². The van der Waals surface area contributed by atoms with Crippen LogP contribution in [-0.4, -0.2) is 107 Å². The molecule has 3 aromatic rings. The van der Waals surface area contributed by atoms with Gasteiger partial charge >= 0.3 is 13.3 Å². The largest absolute Gasteiger partial charge is 0.399 e. The number of alkyl halides is 4. The van der Waals surface area contributed by atoms with E-state index in [1.54, 1.807) is 24.2 Å². The number of nitrogens with zero attached hydrogens (tertiary/aromatic N) is 3. The molecule has 17 heteroatoms. The van der Waals surface area contributed by atoms with Crippen molar-refractivity contribution >= 4 is 37.0 Å². The summed E-state index contributed by atoms with van der Waals surface area (Å²) in [4.78, 5) is 67.9. The summed E-state index contributed by atoms with van der Waals surface area (Å²) >= 11 is 0. The average molecular weight is 800 g/mol. The smallest absolute Gasteiger partial charge is 0.366 e. The van der Waals surface area contributed by atoms with Gasteiger partial charge in [-0.15, -0.1) is 0 Å². The molecule has 6 rings (SSSR count). The van der Waals surface area contributed by atoms with Gasteiger partial charge in [-0.1, -0.05) is 32.0 Å². The zero-order valence-electron chi connectivity index (χ0n) is 31.9. The number of aromatic nitrogens is 1. The molecule has 3 heterocycles. The molecule has 12 nitrogen and oxygen atoms in total. The predicted molar refractivity (Wildman–Crippen MR) is 204 cm³/mol. The van der Waals surface area contributed by atoms with Crippen LogP contribution in [0.5, 0.6) is 0 Å². The van der Waals surface area contributed by atoms with E-state index in [1.807, 2.05) is 31.6 Å². The third-order valence-electron chi connectivity index (χ3n) is 9.70. The van der Waals surface area contributed by atoms with E-state index in [0.29, 0.717) is 36.2 Å². The molecule has 3 aliphatic rings. The standard InChI is InChI=1S/C12H10F2NO4P.C12H16N2O.C11H20F2N2O.C2H6.CH2O/c13-12(14,20(17,18)19)10-4-3-7-1-2-8(11(15)16)5-9(7)6-10;1-14-8-10(7-12(14)3-4-12)9-2-5-13-11(15)6-9;1-14(9-10(12)13)6-4-5-11(16)15-7-2-3-8-15;2*1-2/h1-6H,(H2,15,16)(H2,17,18,19);2,5-6,10H,3-4,7-8H2,1H3,(H,13,15);10H,2-9H2,1H3;1-2H3;1H2. The molecule has 1 saturated carbocycles. The molecule has 0 radical (unpaired) electrons. The number of fused-ring (bicyclic) bond motifs is 1. The van der Waals surface area contributed by atoms with E-state index < -0.39 is 31.2 Å². The minimum Gasteiger partial charge on any atom is -0.366 e. The molecule has 1 aliphatic carbocycles. The quantitative estimate of drug-likeness (QED) is 0.143. The van der Waals surface area contributed by atoms with Crippen LogP contribution in [0, 0.1) is 0 Å². The van der Waals surface area contributed by atoms with E-state index in [2.05, 4.69) is 16.9 Å². The van der Waals surface area contributed by atoms with Gasteiger partial charge in [-0.3, -0.25) is 18.9 Å². The van der Waals surface area contributed by atoms with Crippen LogP contribution in [0.2, 0.25) is 0 Å². The van der Waals surface area contributed by atoms with Crippen LogP contribution in [0.1, 0.15) is 86.2 Å². The van der Waals surface area contributed by atoms with Gasteiger partial charge in [0.2, 0.25) is 17.4 Å². The van der Waals surface area contributed by atoms with Crippen molar-refractivity contribution in [3.8, 4) is 0 Å². The number of nitrogens with one attached hydrogen (secondary N) is 1. The van der Waals surface area contributed by atoms with Crippen molar-refractivity contribution in [3.05, 3.63) is 81.8 Å². The second kappa shape index (κ2) is 21.4. The van der Waals surface area contributed by atoms with Crippen LogP contribution in [0.4, 0.5) is 17.6 Å². The first-order chi connectivity index (χ1) is 25.9. The number of carbonyl (C=O) groups excluding carboxylic acids is 3. The Morgan fingerprint density at radius 1 is 1.05 bits per heavy atom. The Bertz CT molecular complexity index is 1800. The van der Waals surface area contributed by atoms with Crippen molar-refractivity contribution in [2.24, 2.45) is 5.73 Å². The molecule has 2 saturated heterocycles. The lowest BCUT2D eigenvalue weighted by Crippen LogP contribution is -2.30. The number of rotatable bonds is 10. The first kappa shape index (κ1) is 47.2. The second-order valence-electron chi connectivity index (χ2n) is 13.6. The van der Waals surface area contributed by atoms with Crippen molar-refractivity contribution in [3.63, 3.8) is 0 Å². The van der Waals surface area contributed by atoms with Gasteiger partial charge in [0.1, 0.15) is 6.79 Å². The number of benzene rings is 2. The molecular weight excluding hydrogens is 745 g/mol. The zero-order valence-corrected chi connectivity index (χ0v) is 32.8. The number of hydrogen-bond donors (Lipinski definition) is 4. The minimum absolute atomic E-state index is 0.0203. The molecule has 55 heavy (non-hydrogen) atoms. The van der Waals surface area contributed by atoms with Gasteiger partial charge in [0.05, 0.1) is 6.54 Å². The molecule has 1 aromatic heterocycles. The van der Waals surface area contributed by atoms with Crippen LogP contribution in [0.25, 0.3) is 10.8 Å². The zero-order chi connectivity index (χ0) is 41.6. The normalized spacial score (nSPS) is 17.3. The van der Waals surface area contributed by atoms with Crippen LogP contribution < -0.4 is 11.3 Å². The molecule has 1 unspecified atom stereocenters. The van der Waals surface area contributed by atoms with E-state index in [1.165, 1.54) is 49.1 Å². The Morgan fingerprint density at radius 2 is 1.67 bits per heavy atom. The maximum Gasteiger partial charge on any atom is 0.399 e. The predicted octanol–water partition coefficient (Wildman–Crippen LogP) is 5.92. The maximum absolute atomic E-state index is 13.6. The van der Waals surface area contributed by atoms with Gasteiger partial charge in [-0.25, -0.2) is 8.78 Å². The van der Waals surface area contributed by atoms with Gasteiger partial charge in [-0.2, -0.15) is 8.78 Å². The number of aromatic amines is 1. The number of likely N-dealkylation sites (N-methyl/N-ethyl adjacent to an activating group) is 1. The summed E-state index contributed by atoms with van der Waals surface area (Å²) in [6.07, 6.45) is 6.70. The minimum atomic E-state index is -5.62. The first-order valence-corrected chi connectivity index (χ1v) is 19.7. The molecule has 1 atom stereocenters. The fourth-order valence-electron chi connectivity index (χ4n) is 6.58. The molecular formula is C38H54F4N5O7P. The van der Waals surface area contributed by atoms with E-state index in [9.17, 15) is 36.5 Å². The topological polar surface area (TPSA) is 177 Å². The second-order valence-corrected chi connectivity index (χ2v) is 15.2. The van der Waals surface area contributed by atoms with Crippen molar-refractivity contribution in [2.45, 2.75) is 82.3 Å². The highest BCUT2D eigenvalue weighted by Crippen LogP contribution is 2.59. The van der Waals surface area contributed by atoms with E-state index in [0.717, 1.165) is 44.6 Å². The number of carbonyl (C=O) groups is 3. The highest BCUT2D eigenvalue weighted by atomic mass is 31.2. The first-order valence-electron chi connectivity index (χ1n) is 18.1. The summed E-state index contributed by atoms with van der Waals surface area (Å²) in [5.74, 6) is 0.00167. The van der Waals surface area contributed by atoms with Crippen molar-refractivity contribution in [2.75, 3.05) is 46.8 Å². The van der Waals surface area contributed by atoms with Crippen molar-refractivity contribution in [1.29, 1.82) is 0 Å². The Labute approximate surface area is 319 Å². The monoisotopic (exact) mass is 799 g/mol. The third-order valence-corrected chi connectivity index (χ3v) is 10.7. The van der Waals surface area contributed by atoms with Crippen LogP contribution in [0.3, 0.4) is 0 Å². The van der Waals surface area contributed by atoms with Gasteiger partial charge in [0.25, 0.3) is 6.43 Å². The van der Waals surface area contributed by atoms with Crippen molar-refractivity contribution < 1.29 is 46.3 Å². The van der Waals surface area contributed by atoms with Gasteiger partial charge in [-0.05, 0) is 106 Å². The molecule has 0 bridgehead atoms. The van der Waals surface area contributed by atoms with E-state index in [4.69, 9.17) is 20.3 Å². The summed E-state index contributed by atoms with van der Waals surface area (Å²) < 4.78 is 62.0. The highest BCUT2D eigenvalue weighted by molar-refractivity contribution is 7.52. The summed E-state index contributed by atoms with van der Waals surface area (Å²) in [6, 6.07) is 11.2. The van der Waals surface area contributed by atoms with Crippen LogP contribution in [-0.2, 0) is 19.8 Å². The lowest BCUT2D eigenvalue weighted by Gasteiger charge is -2.18. The molecule has 1 spiro atoms. The van der Waals surface area contributed by atoms with Crippen LogP contribution in [0.15, 0.2) is 59.5 Å². The van der Waals surface area contributed by atoms with Gasteiger partial charge in [0, 0.05) is 55.0 Å². The number of likely N-dealkylation sites (tertiary alicyclic amines) is 2. The molecule has 2 amide bonds. The Morgan fingerprint density at radius 3 is 2.20 bits per heavy atom. The molecule has 2 aromatic carbocycles. The number of amides is 2. The summed E-state index contributed by atoms with van der Waals surface area (Å²) in [7, 11) is -1.76. The average Bonchev–Trinajstić information content (AvgIpc) is 3.56. The number of primary amides is 1. The number of hydrogen-bond acceptors (Lipinski definition) is 7. The molecule has 3 fully saturated rings. The molecule has 306 valence electrons. The SMILES string of the molecule is C=O.CC.CN(CCCC(=O)N1CCCC1)CC(F)F.CN1CC(c2cc[nH]c(=O)c2)CC12CC2.NC(=O)c1ccc2ccc(C(F)(F)P(=O)(O)O)cc2c1. The Balaban J connectivity index is 0.000000275. The fourth-order valence-corrected chi connectivity index (χ4v) is 7.05. The molecule has 2 aliphatic heterocycles. The third kappa shape index (κ3) is 13.6. The lowest BCUT2D eigenvalue weighted by molar-refractivity contribution is -0.130. The summed E-state index contributed by atoms with van der Waals surface area (Å²) in [5, 5.41) is 0.784. The van der Waals surface area contributed by atoms with E-state index >= 15 is 0 Å². The number of pyridine rings is 1. The van der Waals surface area contributed by atoms with Gasteiger partial charge in [0.15, 0.2) is 0 Å². The van der Waals surface area contributed by atoms with Gasteiger partial charge < -0.3 is 40.0 Å². The maximum atomic E-state index is 13.6. The Hall–Kier alpha value is -3.95. The molecule has 5 N–H and O–H groups in total. The van der Waals surface area contributed by atoms with Crippen molar-refractivity contribution in [1.82, 2.24) is 19.7 Å². The lowest BCUT2D eigenvalue weighted by atomic mass is 9.96.